The number of hydrogen-bond acceptors (Lipinski definition) is 3. The molecule has 0 unspecified atom stereocenters. The lowest BCUT2D eigenvalue weighted by molar-refractivity contribution is -0.121. The number of ether oxygens (including phenoxy) is 1. The zero-order chi connectivity index (χ0) is 15.3. The van der Waals surface area contributed by atoms with Crippen molar-refractivity contribution < 1.29 is 9.53 Å². The third kappa shape index (κ3) is 8.12. The van der Waals surface area contributed by atoms with Crippen LogP contribution in [0.15, 0.2) is 29.4 Å². The van der Waals surface area contributed by atoms with E-state index in [9.17, 15) is 4.79 Å². The summed E-state index contributed by atoms with van der Waals surface area (Å²) >= 11 is 0. The summed E-state index contributed by atoms with van der Waals surface area (Å²) in [5.41, 5.74) is 3.49. The van der Waals surface area contributed by atoms with Crippen LogP contribution in [-0.4, -0.2) is 18.7 Å². The van der Waals surface area contributed by atoms with Gasteiger partial charge in [0.05, 0.1) is 12.8 Å². The van der Waals surface area contributed by atoms with Crippen LogP contribution in [0.25, 0.3) is 0 Å². The summed E-state index contributed by atoms with van der Waals surface area (Å²) in [5, 5.41) is 3.97. The number of nitrogens with one attached hydrogen (secondary N) is 1. The summed E-state index contributed by atoms with van der Waals surface area (Å²) in [6, 6.07) is 7.65. The molecule has 0 saturated carbocycles. The monoisotopic (exact) mass is 290 g/mol. The summed E-state index contributed by atoms with van der Waals surface area (Å²) < 4.78 is 5.50. The number of rotatable bonds is 10. The van der Waals surface area contributed by atoms with Gasteiger partial charge < -0.3 is 4.74 Å². The molecule has 0 saturated heterocycles. The molecular weight excluding hydrogens is 264 g/mol. The Bertz CT molecular complexity index is 427. The van der Waals surface area contributed by atoms with Gasteiger partial charge in [0.2, 0.25) is 5.91 Å². The van der Waals surface area contributed by atoms with Crippen LogP contribution < -0.4 is 10.2 Å². The zero-order valence-corrected chi connectivity index (χ0v) is 13.1. The van der Waals surface area contributed by atoms with E-state index in [4.69, 9.17) is 4.74 Å². The Hall–Kier alpha value is -1.84. The largest absolute Gasteiger partial charge is 0.494 e. The van der Waals surface area contributed by atoms with Crippen molar-refractivity contribution in [3.63, 3.8) is 0 Å². The normalized spacial score (nSPS) is 10.8. The van der Waals surface area contributed by atoms with Gasteiger partial charge in [-0.05, 0) is 42.7 Å². The molecule has 4 nitrogen and oxygen atoms in total. The van der Waals surface area contributed by atoms with Crippen LogP contribution in [0.4, 0.5) is 0 Å². The molecule has 0 bridgehead atoms. The molecule has 0 aromatic heterocycles. The first-order chi connectivity index (χ1) is 10.3. The second kappa shape index (κ2) is 10.9. The summed E-state index contributed by atoms with van der Waals surface area (Å²) in [7, 11) is 0. The van der Waals surface area contributed by atoms with E-state index in [1.165, 1.54) is 12.8 Å². The van der Waals surface area contributed by atoms with Crippen molar-refractivity contribution in [2.45, 2.75) is 52.4 Å². The first kappa shape index (κ1) is 17.2. The second-order valence-electron chi connectivity index (χ2n) is 5.02. The summed E-state index contributed by atoms with van der Waals surface area (Å²) in [6.07, 6.45) is 7.58. The highest BCUT2D eigenvalue weighted by Crippen LogP contribution is 2.11. The Labute approximate surface area is 127 Å². The molecule has 0 aliphatic carbocycles. The minimum Gasteiger partial charge on any atom is -0.494 e. The maximum absolute atomic E-state index is 11.5. The Morgan fingerprint density at radius 3 is 2.57 bits per heavy atom. The maximum atomic E-state index is 11.5. The topological polar surface area (TPSA) is 50.7 Å². The van der Waals surface area contributed by atoms with E-state index >= 15 is 0 Å². The van der Waals surface area contributed by atoms with Gasteiger partial charge in [-0.1, -0.05) is 33.1 Å². The number of hydrazone groups is 1. The van der Waals surface area contributed by atoms with Gasteiger partial charge in [0, 0.05) is 6.42 Å². The number of unbranched alkanes of at least 4 members (excludes halogenated alkanes) is 3. The molecule has 1 rings (SSSR count). The predicted molar refractivity (Wildman–Crippen MR) is 86.7 cm³/mol. The molecule has 116 valence electrons. The van der Waals surface area contributed by atoms with Crippen LogP contribution in [0, 0.1) is 0 Å². The summed E-state index contributed by atoms with van der Waals surface area (Å²) in [5.74, 6) is 0.833. The van der Waals surface area contributed by atoms with E-state index in [2.05, 4.69) is 24.4 Å². The van der Waals surface area contributed by atoms with Crippen LogP contribution >= 0.6 is 0 Å². The van der Waals surface area contributed by atoms with Gasteiger partial charge in [-0.2, -0.15) is 5.10 Å². The van der Waals surface area contributed by atoms with E-state index in [-0.39, 0.29) is 5.91 Å². The van der Waals surface area contributed by atoms with E-state index in [0.717, 1.165) is 37.2 Å². The molecule has 0 radical (unpaired) electrons. The van der Waals surface area contributed by atoms with E-state index in [1.54, 1.807) is 6.21 Å². The molecule has 0 atom stereocenters. The molecule has 0 aliphatic rings. The third-order valence-electron chi connectivity index (χ3n) is 3.01. The van der Waals surface area contributed by atoms with E-state index < -0.39 is 0 Å². The fourth-order valence-electron chi connectivity index (χ4n) is 1.82. The molecule has 4 heteroatoms. The predicted octanol–water partition coefficient (Wildman–Crippen LogP) is 3.90. The first-order valence-electron chi connectivity index (χ1n) is 7.81. The number of benzene rings is 1. The lowest BCUT2D eigenvalue weighted by Crippen LogP contribution is -2.16. The first-order valence-corrected chi connectivity index (χ1v) is 7.81. The molecule has 1 aromatic carbocycles. The fraction of sp³-hybridized carbons (Fsp3) is 0.529. The van der Waals surface area contributed by atoms with Crippen molar-refractivity contribution in [2.24, 2.45) is 5.10 Å². The minimum absolute atomic E-state index is 0.0229. The number of amides is 1. The zero-order valence-electron chi connectivity index (χ0n) is 13.1. The number of hydrogen-bond donors (Lipinski definition) is 1. The van der Waals surface area contributed by atoms with E-state index in [1.807, 2.05) is 24.3 Å². The van der Waals surface area contributed by atoms with Crippen molar-refractivity contribution in [1.29, 1.82) is 0 Å². The van der Waals surface area contributed by atoms with Gasteiger partial charge in [-0.25, -0.2) is 5.43 Å². The average Bonchev–Trinajstić information content (AvgIpc) is 2.51. The molecule has 0 heterocycles. The number of carbonyl (C=O) groups is 1. The van der Waals surface area contributed by atoms with Crippen molar-refractivity contribution in [3.05, 3.63) is 29.8 Å². The lowest BCUT2D eigenvalue weighted by Gasteiger charge is -2.04. The quantitative estimate of drug-likeness (QED) is 0.404. The van der Waals surface area contributed by atoms with E-state index in [0.29, 0.717) is 6.42 Å². The molecular formula is C17H26N2O2. The number of carbonyl (C=O) groups excluding carboxylic acids is 1. The average molecular weight is 290 g/mol. The lowest BCUT2D eigenvalue weighted by atomic mass is 10.1. The SMILES string of the molecule is CCCCCCC(=O)N/N=C/c1ccc(OCCC)cc1. The Morgan fingerprint density at radius 1 is 1.14 bits per heavy atom. The van der Waals surface area contributed by atoms with Crippen LogP contribution in [0.3, 0.4) is 0 Å². The van der Waals surface area contributed by atoms with Crippen LogP contribution in [0.1, 0.15) is 57.9 Å². The van der Waals surface area contributed by atoms with Gasteiger partial charge in [0.15, 0.2) is 0 Å². The smallest absolute Gasteiger partial charge is 0.240 e. The highest BCUT2D eigenvalue weighted by molar-refractivity contribution is 5.82. The summed E-state index contributed by atoms with van der Waals surface area (Å²) in [4.78, 5) is 11.5. The third-order valence-corrected chi connectivity index (χ3v) is 3.01. The van der Waals surface area contributed by atoms with Crippen LogP contribution in [-0.2, 0) is 4.79 Å². The fourth-order valence-corrected chi connectivity index (χ4v) is 1.82. The number of nitrogens with zero attached hydrogens (tertiary/aromatic N) is 1. The minimum atomic E-state index is -0.0229. The Balaban J connectivity index is 2.27. The molecule has 0 aliphatic heterocycles. The molecule has 0 fully saturated rings. The molecule has 1 amide bonds. The molecule has 1 N–H and O–H groups in total. The van der Waals surface area contributed by atoms with Crippen LogP contribution in [0.5, 0.6) is 5.75 Å². The van der Waals surface area contributed by atoms with Gasteiger partial charge >= 0.3 is 0 Å². The molecule has 21 heavy (non-hydrogen) atoms. The standard InChI is InChI=1S/C17H26N2O2/c1-3-5-6-7-8-17(20)19-18-14-15-9-11-16(12-10-15)21-13-4-2/h9-12,14H,3-8,13H2,1-2H3,(H,19,20)/b18-14+. The van der Waals surface area contributed by atoms with Gasteiger partial charge in [0.25, 0.3) is 0 Å². The van der Waals surface area contributed by atoms with Gasteiger partial charge in [-0.3, -0.25) is 4.79 Å². The summed E-state index contributed by atoms with van der Waals surface area (Å²) in [6.45, 7) is 4.95. The maximum Gasteiger partial charge on any atom is 0.240 e. The van der Waals surface area contributed by atoms with Gasteiger partial charge in [0.1, 0.15) is 5.75 Å². The van der Waals surface area contributed by atoms with Crippen molar-refractivity contribution >= 4 is 12.1 Å². The highest BCUT2D eigenvalue weighted by atomic mass is 16.5. The Kier molecular flexibility index (Phi) is 8.93. The second-order valence-corrected chi connectivity index (χ2v) is 5.02. The van der Waals surface area contributed by atoms with Crippen LogP contribution in [0.2, 0.25) is 0 Å². The molecule has 0 spiro atoms. The van der Waals surface area contributed by atoms with Gasteiger partial charge in [-0.15, -0.1) is 0 Å². The van der Waals surface area contributed by atoms with Crippen molar-refractivity contribution in [2.75, 3.05) is 6.61 Å². The highest BCUT2D eigenvalue weighted by Gasteiger charge is 1.98. The Morgan fingerprint density at radius 2 is 1.90 bits per heavy atom. The van der Waals surface area contributed by atoms with Crippen molar-refractivity contribution in [1.82, 2.24) is 5.43 Å². The van der Waals surface area contributed by atoms with Crippen molar-refractivity contribution in [3.8, 4) is 5.75 Å². The molecule has 1 aromatic rings.